The molecule has 0 atom stereocenters. The Bertz CT molecular complexity index is 737. The van der Waals surface area contributed by atoms with Gasteiger partial charge in [-0.05, 0) is 50.3 Å². The molecule has 0 unspecified atom stereocenters. The van der Waals surface area contributed by atoms with E-state index in [0.717, 1.165) is 11.3 Å². The second-order valence-corrected chi connectivity index (χ2v) is 6.87. The number of aliphatic hydroxyl groups is 1. The minimum atomic E-state index is -1.03. The second-order valence-electron chi connectivity index (χ2n) is 6.05. The van der Waals surface area contributed by atoms with Gasteiger partial charge in [0.1, 0.15) is 12.7 Å². The van der Waals surface area contributed by atoms with Crippen LogP contribution in [-0.4, -0.2) is 29.5 Å². The van der Waals surface area contributed by atoms with E-state index >= 15 is 0 Å². The number of hydrogen-bond acceptors (Lipinski definition) is 5. The van der Waals surface area contributed by atoms with Gasteiger partial charge in [0.2, 0.25) is 0 Å². The number of carbonyl (C=O) groups is 1. The summed E-state index contributed by atoms with van der Waals surface area (Å²) in [5.74, 6) is -0.705. The Balaban J connectivity index is 2.02. The molecule has 1 aromatic rings. The lowest BCUT2D eigenvalue weighted by atomic mass is 9.81. The summed E-state index contributed by atoms with van der Waals surface area (Å²) < 4.78 is 5.56. The summed E-state index contributed by atoms with van der Waals surface area (Å²) >= 11 is 12.5. The molecule has 1 N–H and O–H groups in total. The smallest absolute Gasteiger partial charge is 0.343 e. The third-order valence-corrected chi connectivity index (χ3v) is 5.05. The highest BCUT2D eigenvalue weighted by atomic mass is 35.5. The van der Waals surface area contributed by atoms with Crippen molar-refractivity contribution in [2.45, 2.75) is 38.2 Å². The molecule has 5 nitrogen and oxygen atoms in total. The zero-order chi connectivity index (χ0) is 17.5. The van der Waals surface area contributed by atoms with Crippen LogP contribution in [0.2, 0.25) is 10.0 Å². The zero-order valence-electron chi connectivity index (χ0n) is 13.4. The van der Waals surface area contributed by atoms with Crippen LogP contribution in [0, 0.1) is 6.92 Å². The van der Waals surface area contributed by atoms with Crippen molar-refractivity contribution in [3.63, 3.8) is 0 Å². The van der Waals surface area contributed by atoms with Gasteiger partial charge in [-0.2, -0.15) is 0 Å². The van der Waals surface area contributed by atoms with Crippen molar-refractivity contribution < 1.29 is 19.5 Å². The highest BCUT2D eigenvalue weighted by Gasteiger charge is 2.50. The minimum Gasteiger partial charge on any atom is -0.507 e. The highest BCUT2D eigenvalue weighted by molar-refractivity contribution is 6.40. The number of nitrogens with zero attached hydrogens (tertiary/aromatic N) is 1. The Morgan fingerprint density at radius 1 is 1.25 bits per heavy atom. The molecule has 1 fully saturated rings. The first-order valence-electron chi connectivity index (χ1n) is 7.60. The molecule has 1 heterocycles. The van der Waals surface area contributed by atoms with Gasteiger partial charge < -0.3 is 14.7 Å². The Kier molecular flexibility index (Phi) is 4.49. The molecular weight excluding hydrogens is 353 g/mol. The average Bonchev–Trinajstić information content (AvgIpc) is 2.74. The number of halogens is 2. The molecule has 7 heteroatoms. The van der Waals surface area contributed by atoms with E-state index in [4.69, 9.17) is 32.8 Å². The average molecular weight is 370 g/mol. The van der Waals surface area contributed by atoms with Crippen LogP contribution in [0.4, 0.5) is 0 Å². The summed E-state index contributed by atoms with van der Waals surface area (Å²) in [6.45, 7) is 1.85. The fraction of sp³-hybridized carbons (Fsp3) is 0.412. The molecule has 0 radical (unpaired) electrons. The minimum absolute atomic E-state index is 0.0529. The van der Waals surface area contributed by atoms with Crippen LogP contribution in [0.25, 0.3) is 5.57 Å². The van der Waals surface area contributed by atoms with Crippen LogP contribution in [0.15, 0.2) is 23.0 Å². The molecule has 128 valence electrons. The third kappa shape index (κ3) is 2.76. The maximum atomic E-state index is 12.4. The number of aliphatic hydroxyl groups excluding tert-OH is 1. The predicted molar refractivity (Wildman–Crippen MR) is 92.5 cm³/mol. The molecule has 0 aromatic heterocycles. The summed E-state index contributed by atoms with van der Waals surface area (Å²) in [5, 5.41) is 15.3. The summed E-state index contributed by atoms with van der Waals surface area (Å²) in [7, 11) is 1.49. The molecule has 1 saturated carbocycles. The molecular formula is C17H17Cl2NO4. The van der Waals surface area contributed by atoms with Crippen molar-refractivity contribution in [3.8, 4) is 0 Å². The van der Waals surface area contributed by atoms with E-state index in [1.165, 1.54) is 7.11 Å². The summed E-state index contributed by atoms with van der Waals surface area (Å²) in [4.78, 5) is 17.2. The van der Waals surface area contributed by atoms with Crippen molar-refractivity contribution in [2.75, 3.05) is 7.11 Å². The van der Waals surface area contributed by atoms with E-state index < -0.39 is 11.6 Å². The lowest BCUT2D eigenvalue weighted by Crippen LogP contribution is -2.37. The van der Waals surface area contributed by atoms with Gasteiger partial charge in [0.25, 0.3) is 0 Å². The number of esters is 1. The third-order valence-electron chi connectivity index (χ3n) is 4.45. The normalized spacial score (nSPS) is 23.7. The molecule has 1 aromatic carbocycles. The first-order chi connectivity index (χ1) is 11.4. The van der Waals surface area contributed by atoms with Gasteiger partial charge in [-0.25, -0.2) is 4.79 Å². The van der Waals surface area contributed by atoms with Gasteiger partial charge >= 0.3 is 5.97 Å². The molecule has 3 rings (SSSR count). The van der Waals surface area contributed by atoms with Gasteiger partial charge in [-0.1, -0.05) is 28.4 Å². The van der Waals surface area contributed by atoms with Gasteiger partial charge in [-0.15, -0.1) is 0 Å². The topological polar surface area (TPSA) is 68.1 Å². The maximum absolute atomic E-state index is 12.4. The van der Waals surface area contributed by atoms with Crippen LogP contribution in [0.3, 0.4) is 0 Å². The van der Waals surface area contributed by atoms with E-state index in [2.05, 4.69) is 5.16 Å². The SMILES string of the molecule is CON=C1CCC2(CC1)OC(=O)C(c1c(Cl)cc(C)cc1Cl)=C2O. The van der Waals surface area contributed by atoms with Crippen LogP contribution in [0.1, 0.15) is 36.8 Å². The van der Waals surface area contributed by atoms with E-state index in [-0.39, 0.29) is 11.3 Å². The Morgan fingerprint density at radius 3 is 2.38 bits per heavy atom. The van der Waals surface area contributed by atoms with Gasteiger partial charge in [0.15, 0.2) is 11.4 Å². The van der Waals surface area contributed by atoms with E-state index in [9.17, 15) is 9.90 Å². The monoisotopic (exact) mass is 369 g/mol. The predicted octanol–water partition coefficient (Wildman–Crippen LogP) is 4.44. The number of aryl methyl sites for hydroxylation is 1. The quantitative estimate of drug-likeness (QED) is 0.617. The number of rotatable bonds is 2. The zero-order valence-corrected chi connectivity index (χ0v) is 14.9. The number of ether oxygens (including phenoxy) is 1. The second kappa shape index (κ2) is 6.30. The maximum Gasteiger partial charge on any atom is 0.343 e. The molecule has 2 aliphatic rings. The molecule has 24 heavy (non-hydrogen) atoms. The van der Waals surface area contributed by atoms with Crippen LogP contribution in [-0.2, 0) is 14.4 Å². The van der Waals surface area contributed by atoms with Crippen molar-refractivity contribution in [2.24, 2.45) is 5.16 Å². The lowest BCUT2D eigenvalue weighted by molar-refractivity contribution is -0.148. The highest BCUT2D eigenvalue weighted by Crippen LogP contribution is 2.47. The molecule has 1 spiro atoms. The fourth-order valence-corrected chi connectivity index (χ4v) is 4.05. The Morgan fingerprint density at radius 2 is 1.83 bits per heavy atom. The summed E-state index contributed by atoms with van der Waals surface area (Å²) in [5.41, 5.74) is 1.09. The summed E-state index contributed by atoms with van der Waals surface area (Å²) in [6, 6.07) is 3.40. The molecule has 1 aliphatic carbocycles. The fourth-order valence-electron chi connectivity index (χ4n) is 3.26. The standard InChI is InChI=1S/C17H17Cl2NO4/c1-9-7-11(18)13(12(19)8-9)14-15(21)17(24-16(14)22)5-3-10(4-6-17)20-23-2/h7-8,21H,3-6H2,1-2H3. The molecule has 0 bridgehead atoms. The first kappa shape index (κ1) is 17.1. The van der Waals surface area contributed by atoms with Crippen molar-refractivity contribution in [1.82, 2.24) is 0 Å². The lowest BCUT2D eigenvalue weighted by Gasteiger charge is -2.32. The van der Waals surface area contributed by atoms with Crippen LogP contribution in [0.5, 0.6) is 0 Å². The first-order valence-corrected chi connectivity index (χ1v) is 8.35. The van der Waals surface area contributed by atoms with Gasteiger partial charge in [0, 0.05) is 5.56 Å². The van der Waals surface area contributed by atoms with Crippen LogP contribution >= 0.6 is 23.2 Å². The number of hydrogen-bond donors (Lipinski definition) is 1. The number of carbonyl (C=O) groups excluding carboxylic acids is 1. The largest absolute Gasteiger partial charge is 0.507 e. The van der Waals surface area contributed by atoms with E-state index in [0.29, 0.717) is 41.3 Å². The van der Waals surface area contributed by atoms with Crippen molar-refractivity contribution in [1.29, 1.82) is 0 Å². The number of benzene rings is 1. The molecule has 0 amide bonds. The van der Waals surface area contributed by atoms with Crippen molar-refractivity contribution >= 4 is 40.5 Å². The van der Waals surface area contributed by atoms with Gasteiger partial charge in [-0.3, -0.25) is 0 Å². The van der Waals surface area contributed by atoms with Crippen LogP contribution < -0.4 is 0 Å². The Labute approximate surface area is 149 Å². The van der Waals surface area contributed by atoms with Gasteiger partial charge in [0.05, 0.1) is 15.8 Å². The summed E-state index contributed by atoms with van der Waals surface area (Å²) in [6.07, 6.45) is 2.04. The van der Waals surface area contributed by atoms with E-state index in [1.807, 2.05) is 6.92 Å². The Hall–Kier alpha value is -1.72. The molecule has 1 aliphatic heterocycles. The van der Waals surface area contributed by atoms with E-state index in [1.54, 1.807) is 12.1 Å². The van der Waals surface area contributed by atoms with Crippen molar-refractivity contribution in [3.05, 3.63) is 39.1 Å². The molecule has 0 saturated heterocycles. The number of oxime groups is 1.